The Morgan fingerprint density at radius 2 is 2.25 bits per heavy atom. The Labute approximate surface area is 96.3 Å². The quantitative estimate of drug-likeness (QED) is 0.762. The van der Waals surface area contributed by atoms with E-state index in [2.05, 4.69) is 17.3 Å². The molecule has 1 aromatic carbocycles. The first kappa shape index (κ1) is 10.6. The Bertz CT molecular complexity index is 451. The predicted molar refractivity (Wildman–Crippen MR) is 64.7 cm³/mol. The minimum atomic E-state index is 0.134. The van der Waals surface area contributed by atoms with Crippen LogP contribution in [0.5, 0.6) is 0 Å². The first-order valence-electron chi connectivity index (χ1n) is 5.56. The fraction of sp³-hybridized carbons (Fsp3) is 0.357. The summed E-state index contributed by atoms with van der Waals surface area (Å²) in [5.41, 5.74) is 1.89. The van der Waals surface area contributed by atoms with Gasteiger partial charge < -0.3 is 5.32 Å². The van der Waals surface area contributed by atoms with Crippen LogP contribution in [0.25, 0.3) is 0 Å². The molecule has 1 aliphatic rings. The van der Waals surface area contributed by atoms with Crippen LogP contribution in [0.2, 0.25) is 0 Å². The topological polar surface area (TPSA) is 35.8 Å². The number of anilines is 1. The molecule has 1 aromatic rings. The fourth-order valence-corrected chi connectivity index (χ4v) is 2.20. The first-order chi connectivity index (χ1) is 7.83. The maximum Gasteiger partial charge on any atom is 0.0677 e. The normalized spacial score (nSPS) is 23.4. The minimum absolute atomic E-state index is 0.134. The van der Waals surface area contributed by atoms with Crippen LogP contribution in [0.3, 0.4) is 0 Å². The van der Waals surface area contributed by atoms with Gasteiger partial charge in [0, 0.05) is 17.3 Å². The van der Waals surface area contributed by atoms with Crippen LogP contribution in [0.15, 0.2) is 24.3 Å². The van der Waals surface area contributed by atoms with Crippen LogP contribution in [-0.4, -0.2) is 6.04 Å². The van der Waals surface area contributed by atoms with Crippen LogP contribution in [0.4, 0.5) is 5.69 Å². The standard InChI is InChI=1S/C14H14N2/c1-2-11-5-3-7-13(9-11)16-14-8-4-6-12(14)10-15/h1,3,5,7,9,12,14,16H,4,6,8H2. The summed E-state index contributed by atoms with van der Waals surface area (Å²) in [6, 6.07) is 10.4. The van der Waals surface area contributed by atoms with E-state index < -0.39 is 0 Å². The molecule has 2 nitrogen and oxygen atoms in total. The highest BCUT2D eigenvalue weighted by atomic mass is 14.9. The van der Waals surface area contributed by atoms with Crippen molar-refractivity contribution < 1.29 is 0 Å². The lowest BCUT2D eigenvalue weighted by Crippen LogP contribution is -2.22. The van der Waals surface area contributed by atoms with E-state index >= 15 is 0 Å². The molecule has 16 heavy (non-hydrogen) atoms. The summed E-state index contributed by atoms with van der Waals surface area (Å²) in [5.74, 6) is 2.75. The number of nitriles is 1. The minimum Gasteiger partial charge on any atom is -0.381 e. The summed E-state index contributed by atoms with van der Waals surface area (Å²) in [6.07, 6.45) is 8.55. The number of nitrogens with one attached hydrogen (secondary N) is 1. The lowest BCUT2D eigenvalue weighted by Gasteiger charge is -2.17. The molecule has 80 valence electrons. The lowest BCUT2D eigenvalue weighted by atomic mass is 10.1. The summed E-state index contributed by atoms with van der Waals surface area (Å²) >= 11 is 0. The van der Waals surface area contributed by atoms with Gasteiger partial charge in [0.2, 0.25) is 0 Å². The number of hydrogen-bond donors (Lipinski definition) is 1. The summed E-state index contributed by atoms with van der Waals surface area (Å²) < 4.78 is 0. The second-order valence-electron chi connectivity index (χ2n) is 4.14. The van der Waals surface area contributed by atoms with Crippen LogP contribution in [0.1, 0.15) is 24.8 Å². The predicted octanol–water partition coefficient (Wildman–Crippen LogP) is 2.77. The van der Waals surface area contributed by atoms with E-state index in [-0.39, 0.29) is 12.0 Å². The van der Waals surface area contributed by atoms with Gasteiger partial charge in [-0.2, -0.15) is 5.26 Å². The van der Waals surface area contributed by atoms with Crippen molar-refractivity contribution in [2.45, 2.75) is 25.3 Å². The number of rotatable bonds is 2. The molecular weight excluding hydrogens is 196 g/mol. The molecule has 0 bridgehead atoms. The third-order valence-corrected chi connectivity index (χ3v) is 3.06. The zero-order valence-electron chi connectivity index (χ0n) is 9.11. The molecular formula is C14H14N2. The van der Waals surface area contributed by atoms with E-state index in [1.165, 1.54) is 0 Å². The molecule has 0 aromatic heterocycles. The SMILES string of the molecule is C#Cc1cccc(NC2CCCC2C#N)c1. The van der Waals surface area contributed by atoms with Crippen molar-refractivity contribution in [3.05, 3.63) is 29.8 Å². The monoisotopic (exact) mass is 210 g/mol. The van der Waals surface area contributed by atoms with E-state index in [9.17, 15) is 0 Å². The summed E-state index contributed by atoms with van der Waals surface area (Å²) in [6.45, 7) is 0. The summed E-state index contributed by atoms with van der Waals surface area (Å²) in [7, 11) is 0. The molecule has 1 fully saturated rings. The smallest absolute Gasteiger partial charge is 0.0677 e. The average Bonchev–Trinajstić information content (AvgIpc) is 2.76. The van der Waals surface area contributed by atoms with Crippen LogP contribution >= 0.6 is 0 Å². The number of benzene rings is 1. The number of terminal acetylenes is 1. The third-order valence-electron chi connectivity index (χ3n) is 3.06. The zero-order valence-corrected chi connectivity index (χ0v) is 9.11. The molecule has 0 saturated heterocycles. The van der Waals surface area contributed by atoms with Crippen molar-refractivity contribution in [2.24, 2.45) is 5.92 Å². The molecule has 0 amide bonds. The summed E-state index contributed by atoms with van der Waals surface area (Å²) in [5, 5.41) is 12.4. The molecule has 0 spiro atoms. The highest BCUT2D eigenvalue weighted by Gasteiger charge is 2.26. The van der Waals surface area contributed by atoms with E-state index in [4.69, 9.17) is 11.7 Å². The fourth-order valence-electron chi connectivity index (χ4n) is 2.20. The van der Waals surface area contributed by atoms with Crippen molar-refractivity contribution >= 4 is 5.69 Å². The van der Waals surface area contributed by atoms with Gasteiger partial charge in [0.05, 0.1) is 12.0 Å². The largest absolute Gasteiger partial charge is 0.381 e. The second kappa shape index (κ2) is 4.73. The Balaban J connectivity index is 2.09. The molecule has 2 heteroatoms. The van der Waals surface area contributed by atoms with Gasteiger partial charge in [-0.3, -0.25) is 0 Å². The second-order valence-corrected chi connectivity index (χ2v) is 4.14. The van der Waals surface area contributed by atoms with E-state index in [1.54, 1.807) is 0 Å². The van der Waals surface area contributed by atoms with Crippen LogP contribution < -0.4 is 5.32 Å². The van der Waals surface area contributed by atoms with Gasteiger partial charge in [-0.25, -0.2) is 0 Å². The van der Waals surface area contributed by atoms with Gasteiger partial charge >= 0.3 is 0 Å². The average molecular weight is 210 g/mol. The zero-order chi connectivity index (χ0) is 11.4. The maximum absolute atomic E-state index is 8.99. The molecule has 0 radical (unpaired) electrons. The van der Waals surface area contributed by atoms with Gasteiger partial charge in [-0.05, 0) is 37.5 Å². The summed E-state index contributed by atoms with van der Waals surface area (Å²) in [4.78, 5) is 0. The van der Waals surface area contributed by atoms with Crippen LogP contribution in [-0.2, 0) is 0 Å². The Morgan fingerprint density at radius 3 is 3.00 bits per heavy atom. The van der Waals surface area contributed by atoms with Crippen LogP contribution in [0, 0.1) is 29.6 Å². The Hall–Kier alpha value is -1.93. The van der Waals surface area contributed by atoms with Gasteiger partial charge in [0.1, 0.15) is 0 Å². The van der Waals surface area contributed by atoms with Crippen molar-refractivity contribution in [3.8, 4) is 18.4 Å². The van der Waals surface area contributed by atoms with E-state index in [0.717, 1.165) is 30.5 Å². The highest BCUT2D eigenvalue weighted by molar-refractivity contribution is 5.50. The maximum atomic E-state index is 8.99. The van der Waals surface area contributed by atoms with Gasteiger partial charge in [0.25, 0.3) is 0 Å². The molecule has 0 heterocycles. The molecule has 2 atom stereocenters. The Kier molecular flexibility index (Phi) is 3.13. The van der Waals surface area contributed by atoms with Crippen molar-refractivity contribution in [2.75, 3.05) is 5.32 Å². The number of nitrogens with zero attached hydrogens (tertiary/aromatic N) is 1. The van der Waals surface area contributed by atoms with Gasteiger partial charge in [-0.1, -0.05) is 12.0 Å². The molecule has 0 aliphatic heterocycles. The van der Waals surface area contributed by atoms with E-state index in [1.807, 2.05) is 24.3 Å². The molecule has 1 N–H and O–H groups in total. The van der Waals surface area contributed by atoms with E-state index in [0.29, 0.717) is 0 Å². The van der Waals surface area contributed by atoms with Crippen molar-refractivity contribution in [1.29, 1.82) is 5.26 Å². The van der Waals surface area contributed by atoms with Gasteiger partial charge in [-0.15, -0.1) is 6.42 Å². The third kappa shape index (κ3) is 2.18. The molecule has 2 unspecified atom stereocenters. The number of hydrogen-bond acceptors (Lipinski definition) is 2. The Morgan fingerprint density at radius 1 is 1.38 bits per heavy atom. The molecule has 2 rings (SSSR count). The molecule has 1 aliphatic carbocycles. The van der Waals surface area contributed by atoms with Gasteiger partial charge in [0.15, 0.2) is 0 Å². The van der Waals surface area contributed by atoms with Crippen molar-refractivity contribution in [1.82, 2.24) is 0 Å². The van der Waals surface area contributed by atoms with Crippen molar-refractivity contribution in [3.63, 3.8) is 0 Å². The molecule has 1 saturated carbocycles. The first-order valence-corrected chi connectivity index (χ1v) is 5.56. The highest BCUT2D eigenvalue weighted by Crippen LogP contribution is 2.28. The lowest BCUT2D eigenvalue weighted by molar-refractivity contribution is 0.630.